The van der Waals surface area contributed by atoms with Gasteiger partial charge in [-0.25, -0.2) is 10.1 Å². The molecule has 2 aliphatic heterocycles. The number of ether oxygens (including phenoxy) is 1. The standard InChI is InChI=1S/C22H33N7O/c1-2-4-17(5-3-1)15-29-16-21(25-27-29)18-6-7-20-19(14-18)22(26-24-20)23-8-9-28-10-12-30-13-11-28/h1-5,16,18-20,22-24,26H,6-15H2. The van der Waals surface area contributed by atoms with E-state index in [4.69, 9.17) is 4.74 Å². The number of hydrogen-bond acceptors (Lipinski definition) is 7. The van der Waals surface area contributed by atoms with Gasteiger partial charge in [-0.3, -0.25) is 15.6 Å². The molecule has 1 aromatic heterocycles. The average Bonchev–Trinajstić information content (AvgIpc) is 3.42. The van der Waals surface area contributed by atoms with Crippen molar-refractivity contribution < 1.29 is 4.74 Å². The van der Waals surface area contributed by atoms with E-state index in [0.29, 0.717) is 24.0 Å². The Kier molecular flexibility index (Phi) is 6.38. The maximum atomic E-state index is 5.44. The Morgan fingerprint density at radius 2 is 1.97 bits per heavy atom. The zero-order valence-corrected chi connectivity index (χ0v) is 17.5. The van der Waals surface area contributed by atoms with Crippen LogP contribution in [0.4, 0.5) is 0 Å². The molecule has 4 unspecified atom stereocenters. The highest BCUT2D eigenvalue weighted by Gasteiger charge is 2.41. The van der Waals surface area contributed by atoms with Crippen molar-refractivity contribution in [2.75, 3.05) is 39.4 Å². The van der Waals surface area contributed by atoms with Crippen LogP contribution in [-0.2, 0) is 11.3 Å². The number of nitrogens with one attached hydrogen (secondary N) is 3. The molecule has 3 aliphatic rings. The summed E-state index contributed by atoms with van der Waals surface area (Å²) >= 11 is 0. The predicted octanol–water partition coefficient (Wildman–Crippen LogP) is 0.934. The fourth-order valence-electron chi connectivity index (χ4n) is 5.08. The van der Waals surface area contributed by atoms with Crippen LogP contribution in [0.15, 0.2) is 36.5 Å². The monoisotopic (exact) mass is 411 g/mol. The highest BCUT2D eigenvalue weighted by molar-refractivity contribution is 5.15. The lowest BCUT2D eigenvalue weighted by Crippen LogP contribution is -2.48. The molecular weight excluding hydrogens is 378 g/mol. The van der Waals surface area contributed by atoms with Crippen molar-refractivity contribution in [1.29, 1.82) is 0 Å². The SMILES string of the molecule is c1ccc(Cn2cc(C3CCC4NNC(NCCN5CCOCC5)C4C3)nn2)cc1. The molecule has 2 aromatic rings. The third kappa shape index (κ3) is 4.73. The molecule has 0 amide bonds. The second kappa shape index (κ2) is 9.53. The van der Waals surface area contributed by atoms with E-state index in [-0.39, 0.29) is 0 Å². The summed E-state index contributed by atoms with van der Waals surface area (Å²) in [6.45, 7) is 6.68. The summed E-state index contributed by atoms with van der Waals surface area (Å²) in [6.07, 6.45) is 5.95. The smallest absolute Gasteiger partial charge is 0.0858 e. The van der Waals surface area contributed by atoms with Gasteiger partial charge in [0.15, 0.2) is 0 Å². The molecule has 3 fully saturated rings. The largest absolute Gasteiger partial charge is 0.379 e. The number of benzene rings is 1. The number of morpholine rings is 1. The summed E-state index contributed by atoms with van der Waals surface area (Å²) < 4.78 is 7.41. The maximum absolute atomic E-state index is 5.44. The quantitative estimate of drug-likeness (QED) is 0.626. The Hall–Kier alpha value is -1.84. The van der Waals surface area contributed by atoms with Crippen LogP contribution in [0.2, 0.25) is 0 Å². The van der Waals surface area contributed by atoms with E-state index < -0.39 is 0 Å². The summed E-state index contributed by atoms with van der Waals surface area (Å²) in [6, 6.07) is 11.0. The molecule has 1 aliphatic carbocycles. The topological polar surface area (TPSA) is 79.3 Å². The van der Waals surface area contributed by atoms with Gasteiger partial charge in [-0.2, -0.15) is 0 Å². The molecule has 4 atom stereocenters. The Balaban J connectivity index is 1.15. The van der Waals surface area contributed by atoms with Crippen molar-refractivity contribution in [3.63, 3.8) is 0 Å². The number of aromatic nitrogens is 3. The summed E-state index contributed by atoms with van der Waals surface area (Å²) in [5, 5.41) is 12.7. The Labute approximate surface area is 178 Å². The van der Waals surface area contributed by atoms with Crippen LogP contribution in [0, 0.1) is 5.92 Å². The summed E-state index contributed by atoms with van der Waals surface area (Å²) in [5.74, 6) is 1.06. The van der Waals surface area contributed by atoms with Crippen LogP contribution < -0.4 is 16.2 Å². The molecule has 3 N–H and O–H groups in total. The van der Waals surface area contributed by atoms with Gasteiger partial charge in [-0.1, -0.05) is 35.5 Å². The first-order valence-corrected chi connectivity index (χ1v) is 11.3. The number of nitrogens with zero attached hydrogens (tertiary/aromatic N) is 4. The van der Waals surface area contributed by atoms with Crippen molar-refractivity contribution >= 4 is 0 Å². The van der Waals surface area contributed by atoms with Gasteiger partial charge in [0.1, 0.15) is 0 Å². The van der Waals surface area contributed by atoms with Crippen molar-refractivity contribution in [1.82, 2.24) is 36.1 Å². The van der Waals surface area contributed by atoms with Crippen molar-refractivity contribution in [2.24, 2.45) is 5.92 Å². The van der Waals surface area contributed by atoms with Crippen LogP contribution in [0.5, 0.6) is 0 Å². The molecule has 3 heterocycles. The third-order valence-corrected chi connectivity index (χ3v) is 6.81. The maximum Gasteiger partial charge on any atom is 0.0858 e. The first-order chi connectivity index (χ1) is 14.8. The molecular formula is C22H33N7O. The average molecular weight is 412 g/mol. The minimum atomic E-state index is 0.318. The van der Waals surface area contributed by atoms with Crippen LogP contribution in [0.25, 0.3) is 0 Å². The molecule has 2 saturated heterocycles. The minimum absolute atomic E-state index is 0.318. The molecule has 8 nitrogen and oxygen atoms in total. The van der Waals surface area contributed by atoms with Gasteiger partial charge in [0, 0.05) is 50.3 Å². The summed E-state index contributed by atoms with van der Waals surface area (Å²) in [7, 11) is 0. The van der Waals surface area contributed by atoms with Gasteiger partial charge in [-0.15, -0.1) is 5.10 Å². The van der Waals surface area contributed by atoms with Crippen LogP contribution >= 0.6 is 0 Å². The predicted molar refractivity (Wildman–Crippen MR) is 115 cm³/mol. The van der Waals surface area contributed by atoms with Crippen molar-refractivity contribution in [3.8, 4) is 0 Å². The first kappa shape index (κ1) is 20.1. The fraction of sp³-hybridized carbons (Fsp3) is 0.636. The Bertz CT molecular complexity index is 792. The highest BCUT2D eigenvalue weighted by atomic mass is 16.5. The van der Waals surface area contributed by atoms with Gasteiger partial charge >= 0.3 is 0 Å². The first-order valence-electron chi connectivity index (χ1n) is 11.3. The van der Waals surface area contributed by atoms with E-state index in [9.17, 15) is 0 Å². The summed E-state index contributed by atoms with van der Waals surface area (Å²) in [5.41, 5.74) is 9.42. The number of rotatable bonds is 7. The number of hydrazine groups is 1. The van der Waals surface area contributed by atoms with Gasteiger partial charge in [0.25, 0.3) is 0 Å². The lowest BCUT2D eigenvalue weighted by molar-refractivity contribution is 0.0377. The van der Waals surface area contributed by atoms with Gasteiger partial charge in [-0.05, 0) is 24.8 Å². The molecule has 162 valence electrons. The minimum Gasteiger partial charge on any atom is -0.379 e. The second-order valence-electron chi connectivity index (χ2n) is 8.78. The normalized spacial score (nSPS) is 29.7. The molecule has 8 heteroatoms. The van der Waals surface area contributed by atoms with Crippen molar-refractivity contribution in [3.05, 3.63) is 47.8 Å². The van der Waals surface area contributed by atoms with E-state index in [1.54, 1.807) is 0 Å². The lowest BCUT2D eigenvalue weighted by atomic mass is 9.76. The van der Waals surface area contributed by atoms with Crippen molar-refractivity contribution in [2.45, 2.75) is 43.9 Å². The van der Waals surface area contributed by atoms with E-state index in [1.807, 2.05) is 10.7 Å². The molecule has 0 bridgehead atoms. The van der Waals surface area contributed by atoms with E-state index >= 15 is 0 Å². The van der Waals surface area contributed by atoms with Gasteiger partial charge < -0.3 is 4.74 Å². The van der Waals surface area contributed by atoms with E-state index in [0.717, 1.165) is 58.1 Å². The van der Waals surface area contributed by atoms with Crippen LogP contribution in [0.1, 0.15) is 36.4 Å². The van der Waals surface area contributed by atoms with Crippen LogP contribution in [-0.4, -0.2) is 71.5 Å². The molecule has 0 spiro atoms. The Morgan fingerprint density at radius 1 is 1.10 bits per heavy atom. The molecule has 0 radical (unpaired) electrons. The zero-order valence-electron chi connectivity index (χ0n) is 17.5. The van der Waals surface area contributed by atoms with E-state index in [1.165, 1.54) is 18.4 Å². The van der Waals surface area contributed by atoms with Gasteiger partial charge in [0.05, 0.1) is 31.6 Å². The number of fused-ring (bicyclic) bond motifs is 1. The molecule has 1 aromatic carbocycles. The zero-order chi connectivity index (χ0) is 20.2. The highest BCUT2D eigenvalue weighted by Crippen LogP contribution is 2.38. The third-order valence-electron chi connectivity index (χ3n) is 6.81. The van der Waals surface area contributed by atoms with Gasteiger partial charge in [0.2, 0.25) is 0 Å². The molecule has 5 rings (SSSR count). The lowest BCUT2D eigenvalue weighted by Gasteiger charge is -2.33. The second-order valence-corrected chi connectivity index (χ2v) is 8.78. The van der Waals surface area contributed by atoms with E-state index in [2.05, 4.69) is 61.8 Å². The summed E-state index contributed by atoms with van der Waals surface area (Å²) in [4.78, 5) is 2.48. The number of hydrogen-bond donors (Lipinski definition) is 3. The van der Waals surface area contributed by atoms with Crippen LogP contribution in [0.3, 0.4) is 0 Å². The molecule has 30 heavy (non-hydrogen) atoms. The fourth-order valence-corrected chi connectivity index (χ4v) is 5.08. The molecule has 1 saturated carbocycles. The Morgan fingerprint density at radius 3 is 2.83 bits per heavy atom.